The molecule has 28 heavy (non-hydrogen) atoms. The van der Waals surface area contributed by atoms with Crippen molar-refractivity contribution in [3.8, 4) is 0 Å². The molecule has 4 rings (SSSR count). The van der Waals surface area contributed by atoms with E-state index in [-0.39, 0.29) is 36.5 Å². The summed E-state index contributed by atoms with van der Waals surface area (Å²) >= 11 is 0. The minimum atomic E-state index is -0.779. The standard InChI is InChI=1S/C21H20FN3O3/c1-21-12-10-19(27)25(21)17-5-3-2-4-16(17)20(28)24(21)13-11-18(26)23-15-8-6-14(22)7-9-15/h2-9H,10-13H2,1H3,(H,23,26). The number of fused-ring (bicyclic) bond motifs is 3. The molecule has 2 aliphatic heterocycles. The Kier molecular flexibility index (Phi) is 4.37. The van der Waals surface area contributed by atoms with Gasteiger partial charge in [-0.2, -0.15) is 0 Å². The molecule has 7 heteroatoms. The molecule has 0 radical (unpaired) electrons. The average molecular weight is 381 g/mol. The predicted octanol–water partition coefficient (Wildman–Crippen LogP) is 3.15. The van der Waals surface area contributed by atoms with Crippen LogP contribution < -0.4 is 10.2 Å². The fraction of sp³-hybridized carbons (Fsp3) is 0.286. The molecule has 1 atom stereocenters. The van der Waals surface area contributed by atoms with E-state index in [0.717, 1.165) is 0 Å². The molecule has 0 aliphatic carbocycles. The molecule has 2 heterocycles. The van der Waals surface area contributed by atoms with Gasteiger partial charge in [-0.1, -0.05) is 12.1 Å². The molecule has 0 spiro atoms. The van der Waals surface area contributed by atoms with Crippen LogP contribution in [0, 0.1) is 5.82 Å². The van der Waals surface area contributed by atoms with Crippen LogP contribution in [0.5, 0.6) is 0 Å². The van der Waals surface area contributed by atoms with Crippen molar-refractivity contribution in [1.82, 2.24) is 4.90 Å². The van der Waals surface area contributed by atoms with Crippen molar-refractivity contribution in [2.24, 2.45) is 0 Å². The molecule has 2 aromatic rings. The first kappa shape index (κ1) is 18.2. The zero-order chi connectivity index (χ0) is 19.9. The summed E-state index contributed by atoms with van der Waals surface area (Å²) in [6.07, 6.45) is 0.949. The van der Waals surface area contributed by atoms with Gasteiger partial charge in [0.05, 0.1) is 11.3 Å². The molecular formula is C21H20FN3O3. The van der Waals surface area contributed by atoms with E-state index < -0.39 is 5.66 Å². The lowest BCUT2D eigenvalue weighted by Crippen LogP contribution is -2.62. The molecule has 6 nitrogen and oxygen atoms in total. The summed E-state index contributed by atoms with van der Waals surface area (Å²) in [5.74, 6) is -0.867. The number of nitrogens with zero attached hydrogens (tertiary/aromatic N) is 2. The van der Waals surface area contributed by atoms with Crippen molar-refractivity contribution in [1.29, 1.82) is 0 Å². The average Bonchev–Trinajstić information content (AvgIpc) is 2.99. The minimum absolute atomic E-state index is 0.0248. The topological polar surface area (TPSA) is 69.7 Å². The van der Waals surface area contributed by atoms with Crippen LogP contribution in [0.1, 0.15) is 36.5 Å². The SMILES string of the molecule is CC12CCC(=O)N1c1ccccc1C(=O)N2CCC(=O)Nc1ccc(F)cc1. The number of rotatable bonds is 4. The van der Waals surface area contributed by atoms with Gasteiger partial charge in [0.1, 0.15) is 11.5 Å². The molecule has 2 aliphatic rings. The number of halogens is 1. The van der Waals surface area contributed by atoms with Gasteiger partial charge in [-0.3, -0.25) is 19.3 Å². The Morgan fingerprint density at radius 1 is 1.14 bits per heavy atom. The maximum absolute atomic E-state index is 13.1. The van der Waals surface area contributed by atoms with Crippen molar-refractivity contribution < 1.29 is 18.8 Å². The predicted molar refractivity (Wildman–Crippen MR) is 102 cm³/mol. The van der Waals surface area contributed by atoms with E-state index in [1.807, 2.05) is 13.0 Å². The van der Waals surface area contributed by atoms with Gasteiger partial charge in [0.25, 0.3) is 5.91 Å². The van der Waals surface area contributed by atoms with E-state index >= 15 is 0 Å². The van der Waals surface area contributed by atoms with E-state index in [1.165, 1.54) is 24.3 Å². The van der Waals surface area contributed by atoms with Crippen molar-refractivity contribution in [2.45, 2.75) is 31.8 Å². The Morgan fingerprint density at radius 3 is 2.61 bits per heavy atom. The van der Waals surface area contributed by atoms with Crippen LogP contribution in [0.2, 0.25) is 0 Å². The number of carbonyl (C=O) groups is 3. The molecule has 1 fully saturated rings. The smallest absolute Gasteiger partial charge is 0.257 e. The monoisotopic (exact) mass is 381 g/mol. The Hall–Kier alpha value is -3.22. The third-order valence-corrected chi connectivity index (χ3v) is 5.44. The van der Waals surface area contributed by atoms with Gasteiger partial charge in [-0.05, 0) is 49.7 Å². The van der Waals surface area contributed by atoms with Crippen LogP contribution in [0.15, 0.2) is 48.5 Å². The lowest BCUT2D eigenvalue weighted by atomic mass is 9.98. The molecule has 1 unspecified atom stereocenters. The van der Waals surface area contributed by atoms with E-state index in [2.05, 4.69) is 5.32 Å². The first-order chi connectivity index (χ1) is 13.4. The van der Waals surface area contributed by atoms with E-state index in [0.29, 0.717) is 29.8 Å². The zero-order valence-electron chi connectivity index (χ0n) is 15.4. The zero-order valence-corrected chi connectivity index (χ0v) is 15.4. The minimum Gasteiger partial charge on any atom is -0.326 e. The van der Waals surface area contributed by atoms with Gasteiger partial charge in [0.15, 0.2) is 0 Å². The number of nitrogens with one attached hydrogen (secondary N) is 1. The Bertz CT molecular complexity index is 960. The highest BCUT2D eigenvalue weighted by molar-refractivity contribution is 6.10. The molecule has 1 saturated heterocycles. The summed E-state index contributed by atoms with van der Waals surface area (Å²) in [6, 6.07) is 12.6. The fourth-order valence-electron chi connectivity index (χ4n) is 4.01. The first-order valence-corrected chi connectivity index (χ1v) is 9.19. The molecule has 2 aromatic carbocycles. The van der Waals surface area contributed by atoms with Crippen molar-refractivity contribution in [2.75, 3.05) is 16.8 Å². The van der Waals surface area contributed by atoms with Crippen LogP contribution in [0.25, 0.3) is 0 Å². The van der Waals surface area contributed by atoms with Gasteiger partial charge in [-0.15, -0.1) is 0 Å². The summed E-state index contributed by atoms with van der Waals surface area (Å²) < 4.78 is 13.0. The second-order valence-electron chi connectivity index (χ2n) is 7.23. The van der Waals surface area contributed by atoms with Crippen LogP contribution in [-0.2, 0) is 9.59 Å². The van der Waals surface area contributed by atoms with Crippen molar-refractivity contribution >= 4 is 29.1 Å². The number of hydrogen-bond acceptors (Lipinski definition) is 3. The second-order valence-corrected chi connectivity index (χ2v) is 7.23. The summed E-state index contributed by atoms with van der Waals surface area (Å²) in [5.41, 5.74) is 0.808. The molecule has 0 saturated carbocycles. The number of amides is 3. The molecule has 0 aromatic heterocycles. The van der Waals surface area contributed by atoms with Crippen LogP contribution in [-0.4, -0.2) is 34.8 Å². The maximum Gasteiger partial charge on any atom is 0.257 e. The van der Waals surface area contributed by atoms with Crippen LogP contribution >= 0.6 is 0 Å². The summed E-state index contributed by atoms with van der Waals surface area (Å²) in [4.78, 5) is 41.2. The fourth-order valence-corrected chi connectivity index (χ4v) is 4.01. The van der Waals surface area contributed by atoms with Gasteiger partial charge in [-0.25, -0.2) is 4.39 Å². The van der Waals surface area contributed by atoms with Gasteiger partial charge >= 0.3 is 0 Å². The Labute approximate surface area is 161 Å². The van der Waals surface area contributed by atoms with Gasteiger partial charge in [0, 0.05) is 25.1 Å². The summed E-state index contributed by atoms with van der Waals surface area (Å²) in [6.45, 7) is 2.05. The number of benzene rings is 2. The highest BCUT2D eigenvalue weighted by Gasteiger charge is 2.52. The highest BCUT2D eigenvalue weighted by atomic mass is 19.1. The van der Waals surface area contributed by atoms with E-state index in [9.17, 15) is 18.8 Å². The largest absolute Gasteiger partial charge is 0.326 e. The molecule has 1 N–H and O–H groups in total. The van der Waals surface area contributed by atoms with E-state index in [1.54, 1.807) is 28.0 Å². The number of para-hydroxylation sites is 1. The van der Waals surface area contributed by atoms with Gasteiger partial charge < -0.3 is 10.2 Å². The third kappa shape index (κ3) is 2.93. The summed E-state index contributed by atoms with van der Waals surface area (Å²) in [5, 5.41) is 2.70. The maximum atomic E-state index is 13.1. The number of hydrogen-bond donors (Lipinski definition) is 1. The second kappa shape index (κ2) is 6.74. The number of anilines is 2. The Balaban J connectivity index is 1.54. The van der Waals surface area contributed by atoms with Gasteiger partial charge in [0.2, 0.25) is 11.8 Å². The normalized spacial score (nSPS) is 20.8. The molecule has 3 amide bonds. The highest BCUT2D eigenvalue weighted by Crippen LogP contribution is 2.43. The Morgan fingerprint density at radius 2 is 1.86 bits per heavy atom. The first-order valence-electron chi connectivity index (χ1n) is 9.19. The molecule has 144 valence electrons. The van der Waals surface area contributed by atoms with E-state index in [4.69, 9.17) is 0 Å². The number of carbonyl (C=O) groups excluding carboxylic acids is 3. The van der Waals surface area contributed by atoms with Crippen LogP contribution in [0.3, 0.4) is 0 Å². The van der Waals surface area contributed by atoms with Crippen molar-refractivity contribution in [3.63, 3.8) is 0 Å². The molecule has 0 bridgehead atoms. The third-order valence-electron chi connectivity index (χ3n) is 5.44. The summed E-state index contributed by atoms with van der Waals surface area (Å²) in [7, 11) is 0. The van der Waals surface area contributed by atoms with Crippen molar-refractivity contribution in [3.05, 3.63) is 59.9 Å². The molecular weight excluding hydrogens is 361 g/mol. The lowest BCUT2D eigenvalue weighted by Gasteiger charge is -2.48. The quantitative estimate of drug-likeness (QED) is 0.885. The van der Waals surface area contributed by atoms with Crippen LogP contribution in [0.4, 0.5) is 15.8 Å². The lowest BCUT2D eigenvalue weighted by molar-refractivity contribution is -0.117.